The second-order valence-electron chi connectivity index (χ2n) is 5.52. The number of aromatic carboxylic acids is 1. The summed E-state index contributed by atoms with van der Waals surface area (Å²) in [6, 6.07) is 14.6. The number of halogens is 1. The van der Waals surface area contributed by atoms with Crippen molar-refractivity contribution in [2.75, 3.05) is 0 Å². The average molecular weight is 354 g/mol. The van der Waals surface area contributed by atoms with Gasteiger partial charge in [0.1, 0.15) is 18.1 Å². The molecule has 0 radical (unpaired) electrons. The highest BCUT2D eigenvalue weighted by Gasteiger charge is 2.21. The van der Waals surface area contributed by atoms with Crippen LogP contribution in [0.25, 0.3) is 11.3 Å². The van der Waals surface area contributed by atoms with Crippen molar-refractivity contribution in [2.24, 2.45) is 0 Å². The molecule has 2 N–H and O–H groups in total. The fraction of sp³-hybridized carbons (Fsp3) is 0.111. The molecule has 3 aromatic rings. The predicted octanol–water partition coefficient (Wildman–Crippen LogP) is 2.10. The number of carbonyl (C=O) groups is 2. The first-order valence-electron chi connectivity index (χ1n) is 7.78. The van der Waals surface area contributed by atoms with Crippen LogP contribution in [0.2, 0.25) is 0 Å². The molecule has 0 aliphatic rings. The van der Waals surface area contributed by atoms with Crippen molar-refractivity contribution in [3.05, 3.63) is 71.7 Å². The minimum absolute atomic E-state index is 0.146. The van der Waals surface area contributed by atoms with Crippen molar-refractivity contribution in [3.63, 3.8) is 0 Å². The molecule has 26 heavy (non-hydrogen) atoms. The zero-order valence-corrected chi connectivity index (χ0v) is 13.6. The fourth-order valence-corrected chi connectivity index (χ4v) is 2.45. The van der Waals surface area contributed by atoms with E-state index in [-0.39, 0.29) is 23.8 Å². The van der Waals surface area contributed by atoms with Crippen LogP contribution >= 0.6 is 0 Å². The number of hydrogen-bond donors (Lipinski definition) is 2. The Balaban J connectivity index is 1.80. The summed E-state index contributed by atoms with van der Waals surface area (Å²) in [5.74, 6) is -2.08. The molecule has 0 saturated carbocycles. The summed E-state index contributed by atoms with van der Waals surface area (Å²) in [4.78, 5) is 23.6. The van der Waals surface area contributed by atoms with Gasteiger partial charge in [0.25, 0.3) is 0 Å². The summed E-state index contributed by atoms with van der Waals surface area (Å²) in [6.45, 7) is 0.131. The van der Waals surface area contributed by atoms with Gasteiger partial charge in [0.05, 0.1) is 0 Å². The van der Waals surface area contributed by atoms with Crippen LogP contribution in [-0.2, 0) is 17.9 Å². The zero-order valence-electron chi connectivity index (χ0n) is 13.6. The van der Waals surface area contributed by atoms with Crippen LogP contribution in [0, 0.1) is 5.82 Å². The van der Waals surface area contributed by atoms with E-state index in [1.165, 1.54) is 28.9 Å². The molecule has 0 spiro atoms. The average Bonchev–Trinajstić information content (AvgIpc) is 3.05. The van der Waals surface area contributed by atoms with Gasteiger partial charge in [0.15, 0.2) is 5.69 Å². The molecular weight excluding hydrogens is 339 g/mol. The van der Waals surface area contributed by atoms with Crippen LogP contribution in [0.3, 0.4) is 0 Å². The maximum Gasteiger partial charge on any atom is 0.358 e. The first-order chi connectivity index (χ1) is 12.5. The molecule has 7 nitrogen and oxygen atoms in total. The van der Waals surface area contributed by atoms with Crippen LogP contribution in [-0.4, -0.2) is 32.0 Å². The van der Waals surface area contributed by atoms with Crippen LogP contribution in [0.1, 0.15) is 16.1 Å². The number of aromatic nitrogens is 3. The Morgan fingerprint density at radius 3 is 2.42 bits per heavy atom. The summed E-state index contributed by atoms with van der Waals surface area (Å²) < 4.78 is 14.3. The normalized spacial score (nSPS) is 10.5. The molecule has 132 valence electrons. The molecule has 1 amide bonds. The molecule has 0 fully saturated rings. The maximum atomic E-state index is 13.1. The van der Waals surface area contributed by atoms with E-state index in [0.717, 1.165) is 5.56 Å². The lowest BCUT2D eigenvalue weighted by Crippen LogP contribution is -2.28. The number of hydrogen-bond acceptors (Lipinski definition) is 4. The van der Waals surface area contributed by atoms with Gasteiger partial charge in [-0.3, -0.25) is 4.79 Å². The lowest BCUT2D eigenvalue weighted by molar-refractivity contribution is -0.122. The van der Waals surface area contributed by atoms with Crippen molar-refractivity contribution in [3.8, 4) is 11.3 Å². The highest BCUT2D eigenvalue weighted by molar-refractivity contribution is 5.93. The van der Waals surface area contributed by atoms with Gasteiger partial charge >= 0.3 is 5.97 Å². The Morgan fingerprint density at radius 1 is 1.08 bits per heavy atom. The minimum Gasteiger partial charge on any atom is -0.476 e. The third-order valence-corrected chi connectivity index (χ3v) is 3.68. The first-order valence-corrected chi connectivity index (χ1v) is 7.78. The molecule has 1 heterocycles. The Morgan fingerprint density at radius 2 is 1.77 bits per heavy atom. The van der Waals surface area contributed by atoms with Crippen LogP contribution in [0.4, 0.5) is 4.39 Å². The quantitative estimate of drug-likeness (QED) is 0.706. The molecule has 0 aliphatic heterocycles. The van der Waals surface area contributed by atoms with Crippen molar-refractivity contribution in [1.29, 1.82) is 0 Å². The standard InChI is InChI=1S/C18H15FN4O3/c19-14-8-6-13(7-9-14)17-16(18(25)26)21-22-23(17)11-15(24)20-10-12-4-2-1-3-5-12/h1-9H,10-11H2,(H,20,24)(H,25,26). The number of nitrogens with zero attached hydrogens (tertiary/aromatic N) is 3. The number of carbonyl (C=O) groups excluding carboxylic acids is 1. The predicted molar refractivity (Wildman–Crippen MR) is 90.7 cm³/mol. The van der Waals surface area contributed by atoms with Gasteiger partial charge in [0.2, 0.25) is 5.91 Å². The number of nitrogens with one attached hydrogen (secondary N) is 1. The van der Waals surface area contributed by atoms with Crippen molar-refractivity contribution in [2.45, 2.75) is 13.1 Å². The highest BCUT2D eigenvalue weighted by atomic mass is 19.1. The fourth-order valence-electron chi connectivity index (χ4n) is 2.45. The van der Waals surface area contributed by atoms with E-state index in [2.05, 4.69) is 15.6 Å². The molecule has 8 heteroatoms. The Kier molecular flexibility index (Phi) is 5.02. The van der Waals surface area contributed by atoms with E-state index in [1.54, 1.807) is 0 Å². The third-order valence-electron chi connectivity index (χ3n) is 3.68. The summed E-state index contributed by atoms with van der Waals surface area (Å²) >= 11 is 0. The monoisotopic (exact) mass is 354 g/mol. The Bertz CT molecular complexity index is 923. The van der Waals surface area contributed by atoms with Gasteiger partial charge in [-0.05, 0) is 29.8 Å². The van der Waals surface area contributed by atoms with E-state index >= 15 is 0 Å². The van der Waals surface area contributed by atoms with Gasteiger partial charge in [-0.1, -0.05) is 35.5 Å². The number of benzene rings is 2. The van der Waals surface area contributed by atoms with Crippen molar-refractivity contribution >= 4 is 11.9 Å². The SMILES string of the molecule is O=C(Cn1nnc(C(=O)O)c1-c1ccc(F)cc1)NCc1ccccc1. The molecule has 0 aliphatic carbocycles. The third kappa shape index (κ3) is 3.92. The highest BCUT2D eigenvalue weighted by Crippen LogP contribution is 2.22. The Hall–Kier alpha value is -3.55. The lowest BCUT2D eigenvalue weighted by atomic mass is 10.1. The lowest BCUT2D eigenvalue weighted by Gasteiger charge is -2.08. The maximum absolute atomic E-state index is 13.1. The van der Waals surface area contributed by atoms with Crippen molar-refractivity contribution < 1.29 is 19.1 Å². The van der Waals surface area contributed by atoms with E-state index in [4.69, 9.17) is 0 Å². The second-order valence-corrected chi connectivity index (χ2v) is 5.52. The van der Waals surface area contributed by atoms with Gasteiger partial charge in [-0.25, -0.2) is 13.9 Å². The smallest absolute Gasteiger partial charge is 0.358 e. The summed E-state index contributed by atoms with van der Waals surface area (Å²) in [5.41, 5.74) is 1.19. The van der Waals surface area contributed by atoms with Crippen LogP contribution < -0.4 is 5.32 Å². The largest absolute Gasteiger partial charge is 0.476 e. The molecule has 1 aromatic heterocycles. The minimum atomic E-state index is -1.28. The molecule has 2 aromatic carbocycles. The zero-order chi connectivity index (χ0) is 18.5. The number of carboxylic acids is 1. The van der Waals surface area contributed by atoms with E-state index in [0.29, 0.717) is 12.1 Å². The van der Waals surface area contributed by atoms with Crippen LogP contribution in [0.15, 0.2) is 54.6 Å². The van der Waals surface area contributed by atoms with Crippen molar-refractivity contribution in [1.82, 2.24) is 20.3 Å². The van der Waals surface area contributed by atoms with Crippen LogP contribution in [0.5, 0.6) is 0 Å². The molecule has 0 atom stereocenters. The number of rotatable bonds is 6. The summed E-state index contributed by atoms with van der Waals surface area (Å²) in [6.07, 6.45) is 0. The molecule has 0 bridgehead atoms. The molecule has 3 rings (SSSR count). The second kappa shape index (κ2) is 7.56. The number of amides is 1. The molecule has 0 saturated heterocycles. The molecular formula is C18H15FN4O3. The van der Waals surface area contributed by atoms with E-state index in [9.17, 15) is 19.1 Å². The first kappa shape index (κ1) is 17.3. The summed E-state index contributed by atoms with van der Waals surface area (Å²) in [7, 11) is 0. The Labute approximate surface area is 148 Å². The van der Waals surface area contributed by atoms with Gasteiger partial charge in [-0.2, -0.15) is 0 Å². The van der Waals surface area contributed by atoms with Gasteiger partial charge < -0.3 is 10.4 Å². The van der Waals surface area contributed by atoms with E-state index in [1.807, 2.05) is 30.3 Å². The van der Waals surface area contributed by atoms with E-state index < -0.39 is 11.8 Å². The molecule has 0 unspecified atom stereocenters. The summed E-state index contributed by atoms with van der Waals surface area (Å²) in [5, 5.41) is 19.4. The van der Waals surface area contributed by atoms with Gasteiger partial charge in [0, 0.05) is 12.1 Å². The van der Waals surface area contributed by atoms with Gasteiger partial charge in [-0.15, -0.1) is 5.10 Å². The topological polar surface area (TPSA) is 97.1 Å². The number of carboxylic acid groups (broad SMARTS) is 1.